The summed E-state index contributed by atoms with van der Waals surface area (Å²) >= 11 is 0. The van der Waals surface area contributed by atoms with E-state index >= 15 is 0 Å². The third kappa shape index (κ3) is 4.75. The molecular weight excluding hydrogens is 304 g/mol. The van der Waals surface area contributed by atoms with Gasteiger partial charge >= 0.3 is 5.97 Å². The number of fused-ring (bicyclic) bond motifs is 1. The van der Waals surface area contributed by atoms with Crippen molar-refractivity contribution in [2.75, 3.05) is 19.8 Å². The van der Waals surface area contributed by atoms with Crippen molar-refractivity contribution in [1.29, 1.82) is 0 Å². The highest BCUT2D eigenvalue weighted by Crippen LogP contribution is 2.25. The molecule has 0 aromatic heterocycles. The molecule has 4 heteroatoms. The Bertz CT molecular complexity index is 667. The molecule has 0 bridgehead atoms. The lowest BCUT2D eigenvalue weighted by Crippen LogP contribution is -2.18. The zero-order valence-corrected chi connectivity index (χ0v) is 13.7. The number of para-hydroxylation sites is 1. The Morgan fingerprint density at radius 3 is 2.46 bits per heavy atom. The molecule has 0 heterocycles. The molecule has 0 atom stereocenters. The van der Waals surface area contributed by atoms with Gasteiger partial charge in [0.25, 0.3) is 0 Å². The van der Waals surface area contributed by atoms with Crippen LogP contribution in [0.4, 0.5) is 0 Å². The third-order valence-electron chi connectivity index (χ3n) is 4.03. The summed E-state index contributed by atoms with van der Waals surface area (Å²) in [5.74, 6) is 1.11. The maximum atomic E-state index is 11.7. The van der Waals surface area contributed by atoms with E-state index in [4.69, 9.17) is 14.2 Å². The van der Waals surface area contributed by atoms with E-state index in [9.17, 15) is 4.79 Å². The van der Waals surface area contributed by atoms with E-state index in [1.165, 1.54) is 24.0 Å². The number of hydrogen-bond donors (Lipinski definition) is 0. The summed E-state index contributed by atoms with van der Waals surface area (Å²) < 4.78 is 16.1. The van der Waals surface area contributed by atoms with E-state index in [2.05, 4.69) is 6.07 Å². The Morgan fingerprint density at radius 2 is 1.62 bits per heavy atom. The SMILES string of the molecule is O=C(COc1ccc2c(c1)CCCC2)OCCOc1ccccc1. The maximum absolute atomic E-state index is 11.7. The molecule has 24 heavy (non-hydrogen) atoms. The van der Waals surface area contributed by atoms with E-state index in [1.54, 1.807) is 0 Å². The fourth-order valence-electron chi connectivity index (χ4n) is 2.82. The first-order valence-corrected chi connectivity index (χ1v) is 8.39. The number of rotatable bonds is 7. The molecule has 3 rings (SSSR count). The van der Waals surface area contributed by atoms with E-state index in [-0.39, 0.29) is 19.2 Å². The lowest BCUT2D eigenvalue weighted by atomic mass is 9.92. The molecule has 4 nitrogen and oxygen atoms in total. The highest BCUT2D eigenvalue weighted by molar-refractivity contribution is 5.71. The molecule has 0 fully saturated rings. The van der Waals surface area contributed by atoms with Crippen molar-refractivity contribution in [2.24, 2.45) is 0 Å². The van der Waals surface area contributed by atoms with Crippen molar-refractivity contribution >= 4 is 5.97 Å². The topological polar surface area (TPSA) is 44.8 Å². The predicted molar refractivity (Wildman–Crippen MR) is 91.5 cm³/mol. The average molecular weight is 326 g/mol. The molecule has 0 N–H and O–H groups in total. The molecule has 0 spiro atoms. The second-order valence-electron chi connectivity index (χ2n) is 5.81. The fraction of sp³-hybridized carbons (Fsp3) is 0.350. The Labute approximate surface area is 142 Å². The molecule has 0 saturated heterocycles. The van der Waals surface area contributed by atoms with E-state index < -0.39 is 0 Å². The minimum Gasteiger partial charge on any atom is -0.490 e. The third-order valence-corrected chi connectivity index (χ3v) is 4.03. The van der Waals surface area contributed by atoms with Crippen LogP contribution in [-0.2, 0) is 22.4 Å². The number of ether oxygens (including phenoxy) is 3. The zero-order valence-electron chi connectivity index (χ0n) is 13.7. The summed E-state index contributed by atoms with van der Waals surface area (Å²) in [6.45, 7) is 0.458. The van der Waals surface area contributed by atoms with Crippen LogP contribution in [0.3, 0.4) is 0 Å². The number of hydrogen-bond acceptors (Lipinski definition) is 4. The summed E-state index contributed by atoms with van der Waals surface area (Å²) in [6.07, 6.45) is 4.71. The van der Waals surface area contributed by atoms with E-state index in [0.29, 0.717) is 6.61 Å². The van der Waals surface area contributed by atoms with Crippen molar-refractivity contribution in [2.45, 2.75) is 25.7 Å². The van der Waals surface area contributed by atoms with Crippen LogP contribution in [0, 0.1) is 0 Å². The van der Waals surface area contributed by atoms with Crippen molar-refractivity contribution in [3.05, 3.63) is 59.7 Å². The minimum atomic E-state index is -0.385. The largest absolute Gasteiger partial charge is 0.490 e. The van der Waals surface area contributed by atoms with Crippen LogP contribution in [0.5, 0.6) is 11.5 Å². The number of benzene rings is 2. The summed E-state index contributed by atoms with van der Waals surface area (Å²) in [4.78, 5) is 11.7. The van der Waals surface area contributed by atoms with Gasteiger partial charge in [0, 0.05) is 0 Å². The van der Waals surface area contributed by atoms with Gasteiger partial charge in [-0.2, -0.15) is 0 Å². The molecular formula is C20H22O4. The quantitative estimate of drug-likeness (QED) is 0.576. The normalized spacial score (nSPS) is 13.0. The summed E-state index contributed by atoms with van der Waals surface area (Å²) in [5, 5.41) is 0. The van der Waals surface area contributed by atoms with Gasteiger partial charge in [-0.25, -0.2) is 4.79 Å². The Balaban J connectivity index is 1.36. The first kappa shape index (κ1) is 16.4. The Kier molecular flexibility index (Phi) is 5.72. The molecule has 0 amide bonds. The van der Waals surface area contributed by atoms with Crippen LogP contribution in [0.1, 0.15) is 24.0 Å². The molecule has 0 radical (unpaired) electrons. The van der Waals surface area contributed by atoms with Crippen LogP contribution >= 0.6 is 0 Å². The molecule has 0 aliphatic heterocycles. The summed E-state index contributed by atoms with van der Waals surface area (Å²) in [6, 6.07) is 15.5. The second-order valence-corrected chi connectivity index (χ2v) is 5.81. The van der Waals surface area contributed by atoms with Crippen molar-refractivity contribution in [3.8, 4) is 11.5 Å². The first-order chi connectivity index (χ1) is 11.8. The van der Waals surface area contributed by atoms with Gasteiger partial charge in [-0.1, -0.05) is 24.3 Å². The van der Waals surface area contributed by atoms with Gasteiger partial charge in [-0.15, -0.1) is 0 Å². The van der Waals surface area contributed by atoms with Crippen LogP contribution < -0.4 is 9.47 Å². The van der Waals surface area contributed by atoms with Crippen molar-refractivity contribution in [1.82, 2.24) is 0 Å². The molecule has 0 saturated carbocycles. The van der Waals surface area contributed by atoms with Crippen LogP contribution in [0.25, 0.3) is 0 Å². The standard InChI is InChI=1S/C20H22O4/c21-20(23-13-12-22-18-8-2-1-3-9-18)15-24-19-11-10-16-6-4-5-7-17(16)14-19/h1-3,8-11,14H,4-7,12-13,15H2. The number of carbonyl (C=O) groups is 1. The molecule has 1 aliphatic carbocycles. The molecule has 0 unspecified atom stereocenters. The van der Waals surface area contributed by atoms with Crippen LogP contribution in [0.15, 0.2) is 48.5 Å². The monoisotopic (exact) mass is 326 g/mol. The number of aryl methyl sites for hydroxylation is 2. The minimum absolute atomic E-state index is 0.0792. The van der Waals surface area contributed by atoms with Crippen molar-refractivity contribution < 1.29 is 19.0 Å². The molecule has 1 aliphatic rings. The average Bonchev–Trinajstić information content (AvgIpc) is 2.64. The predicted octanol–water partition coefficient (Wildman–Crippen LogP) is 3.57. The van der Waals surface area contributed by atoms with Gasteiger partial charge in [0.05, 0.1) is 0 Å². The second kappa shape index (κ2) is 8.39. The Hall–Kier alpha value is -2.49. The van der Waals surface area contributed by atoms with E-state index in [0.717, 1.165) is 24.3 Å². The smallest absolute Gasteiger partial charge is 0.344 e. The van der Waals surface area contributed by atoms with Gasteiger partial charge in [0.1, 0.15) is 24.7 Å². The lowest BCUT2D eigenvalue weighted by Gasteiger charge is -2.16. The van der Waals surface area contributed by atoms with Crippen molar-refractivity contribution in [3.63, 3.8) is 0 Å². The van der Waals surface area contributed by atoms with Gasteiger partial charge < -0.3 is 14.2 Å². The molecule has 126 valence electrons. The first-order valence-electron chi connectivity index (χ1n) is 8.39. The van der Waals surface area contributed by atoms with Gasteiger partial charge in [-0.3, -0.25) is 0 Å². The highest BCUT2D eigenvalue weighted by Gasteiger charge is 2.11. The number of esters is 1. The maximum Gasteiger partial charge on any atom is 0.344 e. The Morgan fingerprint density at radius 1 is 0.833 bits per heavy atom. The van der Waals surface area contributed by atoms with E-state index in [1.807, 2.05) is 42.5 Å². The van der Waals surface area contributed by atoms with Crippen LogP contribution in [0.2, 0.25) is 0 Å². The summed E-state index contributed by atoms with van der Waals surface area (Å²) in [7, 11) is 0. The van der Waals surface area contributed by atoms with Crippen LogP contribution in [-0.4, -0.2) is 25.8 Å². The van der Waals surface area contributed by atoms with Gasteiger partial charge in [0.15, 0.2) is 6.61 Å². The molecule has 2 aromatic rings. The van der Waals surface area contributed by atoms with Gasteiger partial charge in [0.2, 0.25) is 0 Å². The number of carbonyl (C=O) groups excluding carboxylic acids is 1. The fourth-order valence-corrected chi connectivity index (χ4v) is 2.82. The summed E-state index contributed by atoms with van der Waals surface area (Å²) in [5.41, 5.74) is 2.73. The lowest BCUT2D eigenvalue weighted by molar-refractivity contribution is -0.146. The highest BCUT2D eigenvalue weighted by atomic mass is 16.6. The van der Waals surface area contributed by atoms with Gasteiger partial charge in [-0.05, 0) is 61.1 Å². The molecule has 2 aromatic carbocycles. The zero-order chi connectivity index (χ0) is 16.6.